The van der Waals surface area contributed by atoms with Gasteiger partial charge in [-0.1, -0.05) is 35.8 Å². The Kier molecular flexibility index (Phi) is 35.8. The molecule has 0 aliphatic heterocycles. The molecule has 0 bridgehead atoms. The molecule has 2 aromatic rings. The Morgan fingerprint density at radius 1 is 0.767 bits per heavy atom. The van der Waals surface area contributed by atoms with Crippen LogP contribution < -0.4 is 19.7 Å². The molecule has 21 heteroatoms. The summed E-state index contributed by atoms with van der Waals surface area (Å²) in [7, 11) is 1.00. The summed E-state index contributed by atoms with van der Waals surface area (Å²) in [6.07, 6.45) is 3.07. The van der Waals surface area contributed by atoms with E-state index in [0.717, 1.165) is 7.11 Å². The van der Waals surface area contributed by atoms with Gasteiger partial charge in [0.15, 0.2) is 0 Å². The van der Waals surface area contributed by atoms with Gasteiger partial charge >= 0.3 is 57.9 Å². The third kappa shape index (κ3) is 29.7. The van der Waals surface area contributed by atoms with Gasteiger partial charge in [-0.3, -0.25) is 9.98 Å². The predicted molar refractivity (Wildman–Crippen MR) is 143 cm³/mol. The van der Waals surface area contributed by atoms with Gasteiger partial charge in [0, 0.05) is 19.5 Å². The van der Waals surface area contributed by atoms with Crippen molar-refractivity contribution in [3.05, 3.63) is 93.5 Å². The van der Waals surface area contributed by atoms with Crippen molar-refractivity contribution in [2.45, 2.75) is 26.8 Å². The molecule has 19 nitrogen and oxygen atoms in total. The van der Waals surface area contributed by atoms with Gasteiger partial charge in [-0.25, -0.2) is 0 Å². The first-order valence-electron chi connectivity index (χ1n) is 11.0. The van der Waals surface area contributed by atoms with Crippen molar-refractivity contribution in [2.24, 2.45) is 9.98 Å². The maximum Gasteiger partial charge on any atom is 3.00 e. The van der Waals surface area contributed by atoms with E-state index in [1.54, 1.807) is 42.6 Å². The van der Waals surface area contributed by atoms with Crippen LogP contribution in [0.1, 0.15) is 31.9 Å². The van der Waals surface area contributed by atoms with E-state index in [-0.39, 0.29) is 75.4 Å². The zero-order chi connectivity index (χ0) is 32.4. The Labute approximate surface area is 288 Å². The van der Waals surface area contributed by atoms with E-state index in [2.05, 4.69) is 9.98 Å². The second-order valence-electron chi connectivity index (χ2n) is 6.51. The maximum atomic E-state index is 12.2. The number of hydrogen-bond donors (Lipinski definition) is 1. The van der Waals surface area contributed by atoms with E-state index in [9.17, 15) is 10.2 Å². The van der Waals surface area contributed by atoms with Gasteiger partial charge in [0.1, 0.15) is 11.5 Å². The summed E-state index contributed by atoms with van der Waals surface area (Å²) < 4.78 is 10.6. The normalized spacial score (nSPS) is 9.70. The SMILES string of the molecule is CCOc1cccc(C=NC[C@@H](C)N=Cc2cccc(OCC)c2[O-])c1[O-].CO.O=[N+]([O-])[O-].O=[N+]([O-])[O-].O=[N+]([O-])[O-].[Cu+2].[Nd+3]. The number of aliphatic hydroxyl groups excluding tert-OH is 1. The minimum atomic E-state index is -1.75. The van der Waals surface area contributed by atoms with E-state index >= 15 is 0 Å². The summed E-state index contributed by atoms with van der Waals surface area (Å²) in [5.41, 5.74) is 0.950. The maximum absolute atomic E-state index is 12.2. The molecule has 2 rings (SSSR count). The third-order valence-electron chi connectivity index (χ3n) is 3.69. The molecule has 0 aromatic heterocycles. The van der Waals surface area contributed by atoms with Crippen LogP contribution in [0.4, 0.5) is 0 Å². The molecule has 0 aliphatic rings. The minimum absolute atomic E-state index is 0. The molecular formula is C22H28CuN5NdO14. The van der Waals surface area contributed by atoms with Crippen LogP contribution in [0.2, 0.25) is 0 Å². The standard InChI is InChI=1S/C21H26N2O4.CH4O.Cu.3NO3.Nd/c1-4-26-18-10-6-8-16(20(18)24)13-22-12-15(3)23-14-17-9-7-11-19(21(17)25)27-5-2;1-2;;3*2-1(3)4;/h6-11,13-15,24-25H,4-5,12H2,1-3H3;2H,1H3;;;;;/q;;+2;3*-1;+3/p-2/t15-;;;;;;/m1....../s1. The van der Waals surface area contributed by atoms with Crippen molar-refractivity contribution in [1.29, 1.82) is 0 Å². The number of benzene rings is 2. The predicted octanol–water partition coefficient (Wildman–Crippen LogP) is 1.45. The molecule has 240 valence electrons. The first kappa shape index (κ1) is 49.1. The van der Waals surface area contributed by atoms with Crippen LogP contribution in [-0.4, -0.2) is 65.7 Å². The van der Waals surface area contributed by atoms with E-state index in [4.69, 9.17) is 60.5 Å². The Morgan fingerprint density at radius 2 is 1.09 bits per heavy atom. The minimum Gasteiger partial charge on any atom is -0.870 e. The van der Waals surface area contributed by atoms with Crippen LogP contribution in [0.25, 0.3) is 0 Å². The van der Waals surface area contributed by atoms with Gasteiger partial charge in [-0.2, -0.15) is 0 Å². The molecule has 1 atom stereocenters. The molecule has 0 fully saturated rings. The average molecular weight is 794 g/mol. The van der Waals surface area contributed by atoms with Gasteiger partial charge in [-0.05, 0) is 44.0 Å². The first-order valence-corrected chi connectivity index (χ1v) is 11.0. The quantitative estimate of drug-likeness (QED) is 0.163. The zero-order valence-electron chi connectivity index (χ0n) is 23.1. The van der Waals surface area contributed by atoms with Crippen molar-refractivity contribution in [3.63, 3.8) is 0 Å². The Bertz CT molecular complexity index is 1070. The number of ether oxygens (including phenoxy) is 2. The number of rotatable bonds is 9. The molecule has 1 N–H and O–H groups in total. The Morgan fingerprint density at radius 3 is 1.42 bits per heavy atom. The molecule has 0 amide bonds. The van der Waals surface area contributed by atoms with Crippen LogP contribution in [0.5, 0.6) is 23.0 Å². The fourth-order valence-corrected chi connectivity index (χ4v) is 2.37. The molecule has 0 saturated heterocycles. The molecule has 0 unspecified atom stereocenters. The largest absolute Gasteiger partial charge is 3.00 e. The molecule has 43 heavy (non-hydrogen) atoms. The second-order valence-corrected chi connectivity index (χ2v) is 6.51. The second kappa shape index (κ2) is 31.3. The Hall–Kier alpha value is -3.59. The van der Waals surface area contributed by atoms with Crippen LogP contribution in [0, 0.1) is 86.8 Å². The summed E-state index contributed by atoms with van der Waals surface area (Å²) in [5.74, 6) is 0.291. The van der Waals surface area contributed by atoms with Crippen LogP contribution in [-0.2, 0) is 17.1 Å². The van der Waals surface area contributed by atoms with Crippen molar-refractivity contribution < 1.29 is 98.0 Å². The van der Waals surface area contributed by atoms with Crippen LogP contribution >= 0.6 is 0 Å². The van der Waals surface area contributed by atoms with Gasteiger partial charge in [0.2, 0.25) is 0 Å². The topological polar surface area (TPSA) is 308 Å². The third-order valence-corrected chi connectivity index (χ3v) is 3.69. The van der Waals surface area contributed by atoms with E-state index in [1.165, 1.54) is 6.21 Å². The number of hydrogen-bond acceptors (Lipinski definition) is 16. The van der Waals surface area contributed by atoms with Crippen molar-refractivity contribution in [1.82, 2.24) is 0 Å². The summed E-state index contributed by atoms with van der Waals surface area (Å²) in [6, 6.07) is 10.1. The van der Waals surface area contributed by atoms with E-state index < -0.39 is 15.3 Å². The average Bonchev–Trinajstić information content (AvgIpc) is 2.87. The van der Waals surface area contributed by atoms with Crippen molar-refractivity contribution >= 4 is 12.4 Å². The van der Waals surface area contributed by atoms with Gasteiger partial charge < -0.3 is 70.8 Å². The number of aliphatic imine (C=N–C) groups is 2. The van der Waals surface area contributed by atoms with E-state index in [1.807, 2.05) is 20.8 Å². The smallest absolute Gasteiger partial charge is 0.870 e. The summed E-state index contributed by atoms with van der Waals surface area (Å²) in [5, 5.41) is 75.6. The number of aliphatic hydroxyl groups is 1. The summed E-state index contributed by atoms with van der Waals surface area (Å²) in [6.45, 7) is 6.82. The van der Waals surface area contributed by atoms with Crippen molar-refractivity contribution in [2.75, 3.05) is 26.9 Å². The molecule has 0 aliphatic carbocycles. The zero-order valence-corrected chi connectivity index (χ0v) is 27.3. The fraction of sp³-hybridized carbons (Fsp3) is 0.364. The molecule has 0 heterocycles. The summed E-state index contributed by atoms with van der Waals surface area (Å²) >= 11 is 0. The molecule has 2 radical (unpaired) electrons. The van der Waals surface area contributed by atoms with E-state index in [0.29, 0.717) is 42.4 Å². The number of nitrogens with zero attached hydrogens (tertiary/aromatic N) is 5. The molecule has 0 saturated carbocycles. The van der Waals surface area contributed by atoms with Crippen LogP contribution in [0.15, 0.2) is 46.4 Å². The van der Waals surface area contributed by atoms with Crippen LogP contribution in [0.3, 0.4) is 0 Å². The Balaban J connectivity index is -0.000000254. The summed E-state index contributed by atoms with van der Waals surface area (Å²) in [4.78, 5) is 33.4. The monoisotopic (exact) mass is 791 g/mol. The first-order chi connectivity index (χ1) is 19.3. The molecule has 2 aromatic carbocycles. The fourth-order valence-electron chi connectivity index (χ4n) is 2.37. The number of para-hydroxylation sites is 2. The molecule has 0 spiro atoms. The van der Waals surface area contributed by atoms with Gasteiger partial charge in [-0.15, -0.1) is 0 Å². The van der Waals surface area contributed by atoms with Crippen molar-refractivity contribution in [3.8, 4) is 23.0 Å². The van der Waals surface area contributed by atoms with Gasteiger partial charge in [0.25, 0.3) is 0 Å². The molecular weight excluding hydrogens is 766 g/mol. The van der Waals surface area contributed by atoms with Gasteiger partial charge in [0.05, 0.1) is 41.1 Å².